The highest BCUT2D eigenvalue weighted by Gasteiger charge is 2.32. The molecule has 5 rings (SSSR count). The van der Waals surface area contributed by atoms with Gasteiger partial charge in [-0.3, -0.25) is 9.98 Å². The lowest BCUT2D eigenvalue weighted by molar-refractivity contribution is 1.14. The number of nitrogens with zero attached hydrogens (tertiary/aromatic N) is 2. The van der Waals surface area contributed by atoms with E-state index < -0.39 is 0 Å². The lowest BCUT2D eigenvalue weighted by atomic mass is 10.1. The highest BCUT2D eigenvalue weighted by Crippen LogP contribution is 2.51. The number of hydrogen-bond acceptors (Lipinski definition) is 4. The Morgan fingerprint density at radius 3 is 2.80 bits per heavy atom. The van der Waals surface area contributed by atoms with E-state index in [0.29, 0.717) is 6.54 Å². The minimum atomic E-state index is 0.625. The van der Waals surface area contributed by atoms with Crippen molar-refractivity contribution in [3.05, 3.63) is 96.9 Å². The van der Waals surface area contributed by atoms with Gasteiger partial charge in [0.25, 0.3) is 0 Å². The van der Waals surface area contributed by atoms with Crippen LogP contribution < -0.4 is 0 Å². The van der Waals surface area contributed by atoms with Gasteiger partial charge >= 0.3 is 0 Å². The third kappa shape index (κ3) is 2.60. The van der Waals surface area contributed by atoms with Crippen LogP contribution in [0.1, 0.15) is 12.0 Å². The molecule has 2 nitrogen and oxygen atoms in total. The average molecular weight is 381 g/mol. The molecule has 25 heavy (non-hydrogen) atoms. The normalized spacial score (nSPS) is 21.6. The molecule has 0 bridgehead atoms. The van der Waals surface area contributed by atoms with E-state index in [0.717, 1.165) is 27.6 Å². The molecule has 0 saturated carbocycles. The summed E-state index contributed by atoms with van der Waals surface area (Å²) in [6.45, 7) is 0.625. The molecule has 3 heterocycles. The molecule has 0 aromatic carbocycles. The maximum Gasteiger partial charge on any atom is 0.103 e. The highest BCUT2D eigenvalue weighted by molar-refractivity contribution is 8.18. The fourth-order valence-electron chi connectivity index (χ4n) is 3.33. The minimum absolute atomic E-state index is 0.625. The quantitative estimate of drug-likeness (QED) is 0.621. The molecule has 1 aromatic rings. The smallest absolute Gasteiger partial charge is 0.103 e. The van der Waals surface area contributed by atoms with Crippen LogP contribution in [0.15, 0.2) is 96.4 Å². The molecule has 0 radical (unpaired) electrons. The van der Waals surface area contributed by atoms with Crippen molar-refractivity contribution < 1.29 is 0 Å². The van der Waals surface area contributed by atoms with Crippen molar-refractivity contribution in [1.29, 1.82) is 0 Å². The summed E-state index contributed by atoms with van der Waals surface area (Å²) in [4.78, 5) is 11.5. The summed E-state index contributed by atoms with van der Waals surface area (Å²) >= 11 is 10.1. The van der Waals surface area contributed by atoms with Crippen LogP contribution in [0.3, 0.4) is 0 Å². The van der Waals surface area contributed by atoms with Gasteiger partial charge in [0.1, 0.15) is 5.04 Å². The van der Waals surface area contributed by atoms with E-state index in [9.17, 15) is 0 Å². The molecular weight excluding hydrogens is 368 g/mol. The van der Waals surface area contributed by atoms with Crippen LogP contribution in [0.2, 0.25) is 0 Å². The Kier molecular flexibility index (Phi) is 3.85. The van der Waals surface area contributed by atoms with E-state index in [1.54, 1.807) is 23.5 Å². The molecule has 1 aromatic heterocycles. The Balaban J connectivity index is 1.66. The molecule has 4 aliphatic rings. The summed E-state index contributed by atoms with van der Waals surface area (Å²) in [5.41, 5.74) is 6.35. The summed E-state index contributed by atoms with van der Waals surface area (Å²) in [5, 5.41) is 3.99. The second-order valence-corrected chi connectivity index (χ2v) is 8.31. The average Bonchev–Trinajstić information content (AvgIpc) is 2.98. The third-order valence-corrected chi connectivity index (χ3v) is 7.15. The summed E-state index contributed by atoms with van der Waals surface area (Å²) in [7, 11) is 0. The molecule has 122 valence electrons. The maximum absolute atomic E-state index is 6.58. The Morgan fingerprint density at radius 2 is 1.92 bits per heavy atom. The first-order valence-electron chi connectivity index (χ1n) is 8.01. The standard InChI is InChI=1S/C20H13ClN2S2/c21-17-4-3-14-15(10-13-2-1-9-24-18(13)14)19-16(17)11-23-20(25-19)12-5-7-22-8-6-12/h1-9H,10-11H2. The van der Waals surface area contributed by atoms with Crippen molar-refractivity contribution in [1.82, 2.24) is 4.98 Å². The summed E-state index contributed by atoms with van der Waals surface area (Å²) < 4.78 is 0. The van der Waals surface area contributed by atoms with Crippen LogP contribution in [0.25, 0.3) is 0 Å². The number of hydrogen-bond donors (Lipinski definition) is 0. The van der Waals surface area contributed by atoms with Gasteiger partial charge in [-0.15, -0.1) is 0 Å². The molecule has 0 saturated heterocycles. The van der Waals surface area contributed by atoms with Crippen molar-refractivity contribution in [2.45, 2.75) is 6.42 Å². The second kappa shape index (κ2) is 6.20. The topological polar surface area (TPSA) is 25.2 Å². The highest BCUT2D eigenvalue weighted by atomic mass is 35.5. The molecular formula is C20H13ClN2S2. The molecule has 0 amide bonds. The van der Waals surface area contributed by atoms with Gasteiger partial charge in [-0.2, -0.15) is 0 Å². The SMILES string of the molecule is ClC1=C2CN=C(c3ccncc3)SC2=C2CC3=CC=CSC3=C2C=C1. The minimum Gasteiger partial charge on any atom is -0.273 e. The van der Waals surface area contributed by atoms with E-state index in [2.05, 4.69) is 28.6 Å². The second-order valence-electron chi connectivity index (χ2n) is 5.98. The molecule has 0 spiro atoms. The number of aliphatic imine (C=N–C) groups is 1. The van der Waals surface area contributed by atoms with Crippen molar-refractivity contribution in [3.63, 3.8) is 0 Å². The number of pyridine rings is 1. The van der Waals surface area contributed by atoms with Crippen molar-refractivity contribution in [2.24, 2.45) is 4.99 Å². The summed E-state index contributed by atoms with van der Waals surface area (Å²) in [6, 6.07) is 4.02. The van der Waals surface area contributed by atoms with Crippen LogP contribution in [-0.4, -0.2) is 16.6 Å². The van der Waals surface area contributed by atoms with Gasteiger partial charge in [0.05, 0.1) is 6.54 Å². The van der Waals surface area contributed by atoms with Crippen LogP contribution in [0.5, 0.6) is 0 Å². The van der Waals surface area contributed by atoms with Gasteiger partial charge in [-0.25, -0.2) is 0 Å². The molecule has 0 unspecified atom stereocenters. The van der Waals surface area contributed by atoms with Crippen molar-refractivity contribution in [3.8, 4) is 0 Å². The summed E-state index contributed by atoms with van der Waals surface area (Å²) in [6.07, 6.45) is 13.2. The van der Waals surface area contributed by atoms with Gasteiger partial charge in [-0.05, 0) is 40.3 Å². The number of fused-ring (bicyclic) bond motifs is 3. The zero-order valence-electron chi connectivity index (χ0n) is 13.2. The molecule has 2 aliphatic heterocycles. The Hall–Kier alpha value is -1.75. The van der Waals surface area contributed by atoms with Crippen LogP contribution >= 0.6 is 35.1 Å². The lowest BCUT2D eigenvalue weighted by Gasteiger charge is -2.20. The first-order chi connectivity index (χ1) is 12.3. The van der Waals surface area contributed by atoms with Crippen molar-refractivity contribution >= 4 is 40.2 Å². The monoisotopic (exact) mass is 380 g/mol. The Bertz CT molecular complexity index is 992. The molecule has 5 heteroatoms. The van der Waals surface area contributed by atoms with Gasteiger partial charge in [-0.1, -0.05) is 53.4 Å². The van der Waals surface area contributed by atoms with Crippen LogP contribution in [-0.2, 0) is 0 Å². The summed E-state index contributed by atoms with van der Waals surface area (Å²) in [5.74, 6) is 0. The number of allylic oxidation sites excluding steroid dienone is 8. The van der Waals surface area contributed by atoms with Crippen LogP contribution in [0.4, 0.5) is 0 Å². The zero-order chi connectivity index (χ0) is 16.8. The fraction of sp³-hybridized carbons (Fsp3) is 0.100. The lowest BCUT2D eigenvalue weighted by Crippen LogP contribution is -2.09. The van der Waals surface area contributed by atoms with E-state index in [4.69, 9.17) is 16.6 Å². The number of thioether (sulfide) groups is 2. The van der Waals surface area contributed by atoms with Crippen molar-refractivity contribution in [2.75, 3.05) is 6.54 Å². The number of aromatic nitrogens is 1. The predicted octanol–water partition coefficient (Wildman–Crippen LogP) is 5.74. The van der Waals surface area contributed by atoms with Gasteiger partial charge in [0.2, 0.25) is 0 Å². The first kappa shape index (κ1) is 15.5. The number of rotatable bonds is 1. The molecule has 2 aliphatic carbocycles. The number of halogens is 1. The van der Waals surface area contributed by atoms with E-state index in [-0.39, 0.29) is 0 Å². The molecule has 0 N–H and O–H groups in total. The van der Waals surface area contributed by atoms with Gasteiger partial charge in [0.15, 0.2) is 0 Å². The van der Waals surface area contributed by atoms with Gasteiger partial charge in [0, 0.05) is 44.8 Å². The Morgan fingerprint density at radius 1 is 1.04 bits per heavy atom. The third-order valence-electron chi connectivity index (χ3n) is 4.53. The van der Waals surface area contributed by atoms with Gasteiger partial charge < -0.3 is 0 Å². The molecule has 0 atom stereocenters. The van der Waals surface area contributed by atoms with E-state index in [1.807, 2.05) is 30.6 Å². The van der Waals surface area contributed by atoms with E-state index >= 15 is 0 Å². The zero-order valence-corrected chi connectivity index (χ0v) is 15.6. The van der Waals surface area contributed by atoms with E-state index in [1.165, 1.54) is 26.5 Å². The maximum atomic E-state index is 6.58. The Labute approximate surface area is 159 Å². The predicted molar refractivity (Wildman–Crippen MR) is 109 cm³/mol. The molecule has 0 fully saturated rings. The fourth-order valence-corrected chi connectivity index (χ4v) is 5.69. The first-order valence-corrected chi connectivity index (χ1v) is 10.1. The van der Waals surface area contributed by atoms with Crippen LogP contribution in [0, 0.1) is 0 Å². The largest absolute Gasteiger partial charge is 0.273 e.